The van der Waals surface area contributed by atoms with Gasteiger partial charge in [0, 0.05) is 12.8 Å². The van der Waals surface area contributed by atoms with Crippen molar-refractivity contribution in [1.29, 1.82) is 0 Å². The number of amides is 2. The minimum atomic E-state index is -1.19. The molecule has 202 valence electrons. The molecule has 0 aromatic carbocycles. The standard InChI is InChI=1S/C24H42N2O9/c1-22(2,3)33-18(28)14-12-16(20(30)35-24(7,8)9)26-21(31)25-15(11-13-17(27)32-10)19(29)34-23(4,5)6/h15-16H,11-14H2,1-10H3,(H2,25,26,31)/t15?,16-/m1/s1. The molecule has 0 heterocycles. The number of rotatable bonds is 10. The Kier molecular flexibility index (Phi) is 12.2. The maximum Gasteiger partial charge on any atom is 0.329 e. The van der Waals surface area contributed by atoms with Gasteiger partial charge in [0.05, 0.1) is 7.11 Å². The molecule has 0 aromatic heterocycles. The van der Waals surface area contributed by atoms with E-state index < -0.39 is 58.8 Å². The van der Waals surface area contributed by atoms with E-state index in [0.717, 1.165) is 0 Å². The topological polar surface area (TPSA) is 146 Å². The number of esters is 4. The molecular weight excluding hydrogens is 460 g/mol. The van der Waals surface area contributed by atoms with Crippen molar-refractivity contribution < 1.29 is 42.9 Å². The molecule has 0 radical (unpaired) electrons. The van der Waals surface area contributed by atoms with Crippen LogP contribution in [0.2, 0.25) is 0 Å². The van der Waals surface area contributed by atoms with Crippen LogP contribution in [0.1, 0.15) is 88.0 Å². The maximum absolute atomic E-state index is 12.7. The van der Waals surface area contributed by atoms with Crippen LogP contribution < -0.4 is 10.6 Å². The fourth-order valence-corrected chi connectivity index (χ4v) is 2.62. The molecule has 2 atom stereocenters. The van der Waals surface area contributed by atoms with Crippen molar-refractivity contribution in [1.82, 2.24) is 10.6 Å². The highest BCUT2D eigenvalue weighted by atomic mass is 16.6. The Bertz CT molecular complexity index is 758. The molecule has 2 N–H and O–H groups in total. The number of nitrogens with one attached hydrogen (secondary N) is 2. The summed E-state index contributed by atoms with van der Waals surface area (Å²) in [7, 11) is 1.21. The molecule has 0 fully saturated rings. The lowest BCUT2D eigenvalue weighted by atomic mass is 10.1. The van der Waals surface area contributed by atoms with Crippen LogP contribution in [0.25, 0.3) is 0 Å². The van der Waals surface area contributed by atoms with Crippen molar-refractivity contribution in [2.45, 2.75) is 117 Å². The predicted molar refractivity (Wildman–Crippen MR) is 127 cm³/mol. The van der Waals surface area contributed by atoms with Crippen molar-refractivity contribution in [3.8, 4) is 0 Å². The van der Waals surface area contributed by atoms with Crippen LogP contribution in [0.4, 0.5) is 4.79 Å². The lowest BCUT2D eigenvalue weighted by Gasteiger charge is -2.27. The minimum Gasteiger partial charge on any atom is -0.469 e. The molecule has 35 heavy (non-hydrogen) atoms. The molecule has 0 bridgehead atoms. The Labute approximate surface area is 207 Å². The summed E-state index contributed by atoms with van der Waals surface area (Å²) < 4.78 is 20.5. The average Bonchev–Trinajstić information content (AvgIpc) is 2.63. The van der Waals surface area contributed by atoms with Gasteiger partial charge in [0.15, 0.2) is 0 Å². The van der Waals surface area contributed by atoms with Gasteiger partial charge in [-0.3, -0.25) is 9.59 Å². The van der Waals surface area contributed by atoms with E-state index in [1.165, 1.54) is 7.11 Å². The van der Waals surface area contributed by atoms with E-state index in [0.29, 0.717) is 0 Å². The highest BCUT2D eigenvalue weighted by Gasteiger charge is 2.31. The third kappa shape index (κ3) is 16.4. The van der Waals surface area contributed by atoms with Gasteiger partial charge in [0.1, 0.15) is 28.9 Å². The number of hydrogen-bond donors (Lipinski definition) is 2. The normalized spacial score (nSPS) is 13.7. The SMILES string of the molecule is COC(=O)CCC(NC(=O)N[C@H](CCC(=O)OC(C)(C)C)C(=O)OC(C)(C)C)C(=O)OC(C)(C)C. The quantitative estimate of drug-likeness (QED) is 0.340. The van der Waals surface area contributed by atoms with Crippen molar-refractivity contribution in [2.75, 3.05) is 7.11 Å². The molecule has 0 aliphatic carbocycles. The van der Waals surface area contributed by atoms with Gasteiger partial charge in [-0.05, 0) is 75.2 Å². The van der Waals surface area contributed by atoms with Crippen LogP contribution in [0.5, 0.6) is 0 Å². The Morgan fingerprint density at radius 2 is 0.943 bits per heavy atom. The van der Waals surface area contributed by atoms with Crippen molar-refractivity contribution in [3.05, 3.63) is 0 Å². The monoisotopic (exact) mass is 502 g/mol. The Hall–Kier alpha value is -2.85. The first-order valence-electron chi connectivity index (χ1n) is 11.5. The van der Waals surface area contributed by atoms with Crippen molar-refractivity contribution in [3.63, 3.8) is 0 Å². The van der Waals surface area contributed by atoms with Gasteiger partial charge >= 0.3 is 29.9 Å². The van der Waals surface area contributed by atoms with Crippen LogP contribution >= 0.6 is 0 Å². The van der Waals surface area contributed by atoms with E-state index in [1.54, 1.807) is 62.3 Å². The van der Waals surface area contributed by atoms with Crippen LogP contribution in [-0.2, 0) is 38.1 Å². The molecule has 0 rings (SSSR count). The first-order chi connectivity index (χ1) is 15.7. The Morgan fingerprint density at radius 1 is 0.600 bits per heavy atom. The molecule has 0 saturated carbocycles. The first kappa shape index (κ1) is 32.1. The molecule has 0 aliphatic rings. The predicted octanol–water partition coefficient (Wildman–Crippen LogP) is 2.78. The third-order valence-electron chi connectivity index (χ3n) is 3.92. The molecule has 11 heteroatoms. The molecule has 11 nitrogen and oxygen atoms in total. The second-order valence-corrected chi connectivity index (χ2v) is 11.0. The van der Waals surface area contributed by atoms with E-state index in [2.05, 4.69) is 15.4 Å². The maximum atomic E-state index is 12.7. The highest BCUT2D eigenvalue weighted by Crippen LogP contribution is 2.14. The number of hydrogen-bond acceptors (Lipinski definition) is 9. The zero-order valence-electron chi connectivity index (χ0n) is 22.7. The summed E-state index contributed by atoms with van der Waals surface area (Å²) >= 11 is 0. The summed E-state index contributed by atoms with van der Waals surface area (Å²) in [5.41, 5.74) is -2.37. The van der Waals surface area contributed by atoms with Crippen LogP contribution in [0.15, 0.2) is 0 Å². The van der Waals surface area contributed by atoms with E-state index in [9.17, 15) is 24.0 Å². The van der Waals surface area contributed by atoms with Gasteiger partial charge < -0.3 is 29.6 Å². The lowest BCUT2D eigenvalue weighted by Crippen LogP contribution is -2.53. The number of carbonyl (C=O) groups excluding carboxylic acids is 5. The summed E-state index contributed by atoms with van der Waals surface area (Å²) in [4.78, 5) is 61.7. The van der Waals surface area contributed by atoms with E-state index in [-0.39, 0.29) is 25.7 Å². The fourth-order valence-electron chi connectivity index (χ4n) is 2.62. The largest absolute Gasteiger partial charge is 0.469 e. The zero-order valence-corrected chi connectivity index (χ0v) is 22.7. The average molecular weight is 503 g/mol. The number of ether oxygens (including phenoxy) is 4. The first-order valence-corrected chi connectivity index (χ1v) is 11.5. The summed E-state index contributed by atoms with van der Waals surface area (Å²) in [6.45, 7) is 15.1. The van der Waals surface area contributed by atoms with Crippen LogP contribution in [0, 0.1) is 0 Å². The number of carbonyl (C=O) groups is 5. The summed E-state index contributed by atoms with van der Waals surface area (Å²) in [5, 5.41) is 4.89. The fraction of sp³-hybridized carbons (Fsp3) is 0.792. The van der Waals surface area contributed by atoms with Gasteiger partial charge in [0.25, 0.3) is 0 Å². The van der Waals surface area contributed by atoms with Gasteiger partial charge in [-0.15, -0.1) is 0 Å². The Balaban J connectivity index is 5.47. The number of methoxy groups -OCH3 is 1. The van der Waals surface area contributed by atoms with Crippen LogP contribution in [-0.4, -0.2) is 65.9 Å². The van der Waals surface area contributed by atoms with Gasteiger partial charge in [-0.1, -0.05) is 0 Å². The minimum absolute atomic E-state index is 0.0793. The van der Waals surface area contributed by atoms with E-state index in [1.807, 2.05) is 0 Å². The summed E-state index contributed by atoms with van der Waals surface area (Å²) in [6, 6.07) is -3.24. The van der Waals surface area contributed by atoms with Gasteiger partial charge in [-0.25, -0.2) is 14.4 Å². The lowest BCUT2D eigenvalue weighted by molar-refractivity contribution is -0.159. The van der Waals surface area contributed by atoms with Crippen molar-refractivity contribution >= 4 is 29.9 Å². The summed E-state index contributed by atoms with van der Waals surface area (Å²) in [5.74, 6) is -2.61. The third-order valence-corrected chi connectivity index (χ3v) is 3.92. The molecule has 0 saturated heterocycles. The van der Waals surface area contributed by atoms with E-state index >= 15 is 0 Å². The molecule has 0 aromatic rings. The summed E-state index contributed by atoms with van der Waals surface area (Å²) in [6.07, 6.45) is -0.464. The molecule has 0 spiro atoms. The smallest absolute Gasteiger partial charge is 0.329 e. The van der Waals surface area contributed by atoms with Crippen molar-refractivity contribution in [2.24, 2.45) is 0 Å². The zero-order chi connectivity index (χ0) is 27.6. The van der Waals surface area contributed by atoms with Gasteiger partial charge in [0.2, 0.25) is 0 Å². The van der Waals surface area contributed by atoms with Gasteiger partial charge in [-0.2, -0.15) is 0 Å². The Morgan fingerprint density at radius 3 is 1.26 bits per heavy atom. The highest BCUT2D eigenvalue weighted by molar-refractivity contribution is 5.88. The van der Waals surface area contributed by atoms with Crippen LogP contribution in [0.3, 0.4) is 0 Å². The van der Waals surface area contributed by atoms with E-state index in [4.69, 9.17) is 14.2 Å². The molecule has 1 unspecified atom stereocenters. The second kappa shape index (κ2) is 13.3. The molecular formula is C24H42N2O9. The molecule has 2 amide bonds. The number of urea groups is 1. The second-order valence-electron chi connectivity index (χ2n) is 11.0. The molecule has 0 aliphatic heterocycles.